The van der Waals surface area contributed by atoms with Gasteiger partial charge in [-0.3, -0.25) is 0 Å². The maximum atomic E-state index is 13.3. The molecule has 0 atom stereocenters. The van der Waals surface area contributed by atoms with Gasteiger partial charge in [0.25, 0.3) is 0 Å². The molecule has 17 heavy (non-hydrogen) atoms. The largest absolute Gasteiger partial charge is 0.340 e. The molecule has 0 bridgehead atoms. The lowest BCUT2D eigenvalue weighted by molar-refractivity contribution is 0.619. The van der Waals surface area contributed by atoms with Gasteiger partial charge in [-0.1, -0.05) is 6.07 Å². The van der Waals surface area contributed by atoms with E-state index in [-0.39, 0.29) is 11.1 Å². The molecular weight excluding hydrogens is 241 g/mol. The van der Waals surface area contributed by atoms with Gasteiger partial charge in [-0.05, 0) is 43.1 Å². The van der Waals surface area contributed by atoms with Crippen LogP contribution in [0.25, 0.3) is 0 Å². The Bertz CT molecular complexity index is 537. The molecule has 1 aromatic heterocycles. The van der Waals surface area contributed by atoms with E-state index in [1.54, 1.807) is 25.1 Å². The summed E-state index contributed by atoms with van der Waals surface area (Å²) in [7, 11) is 0. The summed E-state index contributed by atoms with van der Waals surface area (Å²) in [6, 6.07) is 6.64. The molecule has 0 saturated carbocycles. The fourth-order valence-corrected chi connectivity index (χ4v) is 1.64. The Balaban J connectivity index is 2.28. The van der Waals surface area contributed by atoms with E-state index in [2.05, 4.69) is 15.3 Å². The van der Waals surface area contributed by atoms with Gasteiger partial charge in [-0.2, -0.15) is 0 Å². The van der Waals surface area contributed by atoms with Crippen LogP contribution in [0.2, 0.25) is 5.28 Å². The summed E-state index contributed by atoms with van der Waals surface area (Å²) in [6.07, 6.45) is 0. The first kappa shape index (κ1) is 11.8. The summed E-state index contributed by atoms with van der Waals surface area (Å²) >= 11 is 5.74. The summed E-state index contributed by atoms with van der Waals surface area (Å²) in [5.41, 5.74) is 1.98. The second kappa shape index (κ2) is 4.67. The topological polar surface area (TPSA) is 37.8 Å². The number of hydrogen-bond donors (Lipinski definition) is 1. The van der Waals surface area contributed by atoms with Crippen LogP contribution in [0.15, 0.2) is 24.3 Å². The third kappa shape index (κ3) is 2.91. The highest BCUT2D eigenvalue weighted by atomic mass is 35.5. The number of rotatable bonds is 2. The van der Waals surface area contributed by atoms with Gasteiger partial charge in [0.1, 0.15) is 11.6 Å². The van der Waals surface area contributed by atoms with Gasteiger partial charge in [0.2, 0.25) is 5.28 Å². The van der Waals surface area contributed by atoms with E-state index in [0.29, 0.717) is 17.1 Å². The van der Waals surface area contributed by atoms with Crippen LogP contribution in [0.5, 0.6) is 0 Å². The van der Waals surface area contributed by atoms with Crippen molar-refractivity contribution in [1.82, 2.24) is 9.97 Å². The van der Waals surface area contributed by atoms with E-state index in [1.165, 1.54) is 6.07 Å². The molecule has 0 fully saturated rings. The highest BCUT2D eigenvalue weighted by Crippen LogP contribution is 2.19. The van der Waals surface area contributed by atoms with Crippen molar-refractivity contribution < 1.29 is 4.39 Å². The van der Waals surface area contributed by atoms with Crippen molar-refractivity contribution in [3.8, 4) is 0 Å². The number of anilines is 2. The molecule has 0 radical (unpaired) electrons. The first-order chi connectivity index (χ1) is 8.04. The van der Waals surface area contributed by atoms with E-state index in [1.807, 2.05) is 6.92 Å². The quantitative estimate of drug-likeness (QED) is 0.829. The smallest absolute Gasteiger partial charge is 0.224 e. The van der Waals surface area contributed by atoms with Crippen molar-refractivity contribution in [3.05, 3.63) is 46.6 Å². The molecule has 5 heteroatoms. The summed E-state index contributed by atoms with van der Waals surface area (Å²) in [5, 5.41) is 3.14. The van der Waals surface area contributed by atoms with Crippen LogP contribution in [0.4, 0.5) is 15.9 Å². The third-order valence-electron chi connectivity index (χ3n) is 2.27. The van der Waals surface area contributed by atoms with E-state index < -0.39 is 0 Å². The SMILES string of the molecule is Cc1cc(Nc2ccc(C)c(F)c2)nc(Cl)n1. The minimum atomic E-state index is -0.258. The Morgan fingerprint density at radius 1 is 1.18 bits per heavy atom. The summed E-state index contributed by atoms with van der Waals surface area (Å²) in [4.78, 5) is 7.95. The maximum absolute atomic E-state index is 13.3. The second-order valence-electron chi connectivity index (χ2n) is 3.75. The van der Waals surface area contributed by atoms with Gasteiger partial charge in [0, 0.05) is 17.4 Å². The predicted octanol–water partition coefficient (Wildman–Crippen LogP) is 3.63. The van der Waals surface area contributed by atoms with Crippen molar-refractivity contribution >= 4 is 23.1 Å². The maximum Gasteiger partial charge on any atom is 0.224 e. The predicted molar refractivity (Wildman–Crippen MR) is 66.2 cm³/mol. The van der Waals surface area contributed by atoms with Crippen LogP contribution in [0.3, 0.4) is 0 Å². The normalized spacial score (nSPS) is 10.4. The zero-order valence-electron chi connectivity index (χ0n) is 9.46. The molecule has 1 heterocycles. The van der Waals surface area contributed by atoms with Crippen molar-refractivity contribution in [2.24, 2.45) is 0 Å². The molecule has 1 aromatic carbocycles. The number of nitrogens with zero attached hydrogens (tertiary/aromatic N) is 2. The van der Waals surface area contributed by atoms with Gasteiger partial charge in [-0.25, -0.2) is 14.4 Å². The number of hydrogen-bond acceptors (Lipinski definition) is 3. The van der Waals surface area contributed by atoms with Gasteiger partial charge in [-0.15, -0.1) is 0 Å². The highest BCUT2D eigenvalue weighted by Gasteiger charge is 2.03. The van der Waals surface area contributed by atoms with Crippen LogP contribution >= 0.6 is 11.6 Å². The van der Waals surface area contributed by atoms with Crippen LogP contribution in [0, 0.1) is 19.7 Å². The van der Waals surface area contributed by atoms with Gasteiger partial charge in [0.15, 0.2) is 0 Å². The zero-order valence-corrected chi connectivity index (χ0v) is 10.2. The Kier molecular flexibility index (Phi) is 3.24. The molecule has 0 unspecified atom stereocenters. The molecule has 2 rings (SSSR count). The molecule has 0 amide bonds. The van der Waals surface area contributed by atoms with Gasteiger partial charge in [0.05, 0.1) is 0 Å². The summed E-state index contributed by atoms with van der Waals surface area (Å²) < 4.78 is 13.3. The molecule has 0 spiro atoms. The fraction of sp³-hybridized carbons (Fsp3) is 0.167. The van der Waals surface area contributed by atoms with E-state index in [4.69, 9.17) is 11.6 Å². The molecule has 0 aliphatic heterocycles. The first-order valence-corrected chi connectivity index (χ1v) is 5.47. The average molecular weight is 252 g/mol. The molecule has 0 saturated heterocycles. The zero-order chi connectivity index (χ0) is 12.4. The third-order valence-corrected chi connectivity index (χ3v) is 2.44. The minimum absolute atomic E-state index is 0.167. The minimum Gasteiger partial charge on any atom is -0.340 e. The van der Waals surface area contributed by atoms with Crippen molar-refractivity contribution in [2.75, 3.05) is 5.32 Å². The summed E-state index contributed by atoms with van der Waals surface area (Å²) in [5.74, 6) is 0.289. The van der Waals surface area contributed by atoms with Crippen LogP contribution in [-0.4, -0.2) is 9.97 Å². The fourth-order valence-electron chi connectivity index (χ4n) is 1.41. The van der Waals surface area contributed by atoms with Crippen molar-refractivity contribution in [1.29, 1.82) is 0 Å². The molecule has 3 nitrogen and oxygen atoms in total. The van der Waals surface area contributed by atoms with Gasteiger partial charge >= 0.3 is 0 Å². The van der Waals surface area contributed by atoms with Crippen LogP contribution < -0.4 is 5.32 Å². The lowest BCUT2D eigenvalue weighted by Gasteiger charge is -2.07. The molecule has 0 aliphatic rings. The Morgan fingerprint density at radius 3 is 2.59 bits per heavy atom. The van der Waals surface area contributed by atoms with E-state index in [0.717, 1.165) is 5.69 Å². The van der Waals surface area contributed by atoms with Crippen molar-refractivity contribution in [2.45, 2.75) is 13.8 Å². The van der Waals surface area contributed by atoms with Crippen LogP contribution in [0.1, 0.15) is 11.3 Å². The lowest BCUT2D eigenvalue weighted by Crippen LogP contribution is -1.97. The number of benzene rings is 1. The average Bonchev–Trinajstić information content (AvgIpc) is 2.22. The molecular formula is C12H11ClFN3. The van der Waals surface area contributed by atoms with Crippen molar-refractivity contribution in [3.63, 3.8) is 0 Å². The molecule has 0 aliphatic carbocycles. The Labute approximate surface area is 104 Å². The number of aromatic nitrogens is 2. The standard InChI is InChI=1S/C12H11ClFN3/c1-7-3-4-9(6-10(7)14)16-11-5-8(2)15-12(13)17-11/h3-6H,1-2H3,(H,15,16,17). The second-order valence-corrected chi connectivity index (χ2v) is 4.09. The molecule has 1 N–H and O–H groups in total. The number of aryl methyl sites for hydroxylation is 2. The first-order valence-electron chi connectivity index (χ1n) is 5.09. The van der Waals surface area contributed by atoms with E-state index >= 15 is 0 Å². The number of halogens is 2. The van der Waals surface area contributed by atoms with Gasteiger partial charge < -0.3 is 5.32 Å². The molecule has 88 valence electrons. The Morgan fingerprint density at radius 2 is 1.94 bits per heavy atom. The summed E-state index contributed by atoms with van der Waals surface area (Å²) in [6.45, 7) is 3.53. The number of nitrogens with one attached hydrogen (secondary N) is 1. The Hall–Kier alpha value is -1.68. The lowest BCUT2D eigenvalue weighted by atomic mass is 10.2. The monoisotopic (exact) mass is 251 g/mol. The van der Waals surface area contributed by atoms with Crippen LogP contribution in [-0.2, 0) is 0 Å². The molecule has 2 aromatic rings. The van der Waals surface area contributed by atoms with E-state index in [9.17, 15) is 4.39 Å². The highest BCUT2D eigenvalue weighted by molar-refractivity contribution is 6.28.